The van der Waals surface area contributed by atoms with Crippen molar-refractivity contribution in [3.05, 3.63) is 69.8 Å². The van der Waals surface area contributed by atoms with E-state index in [0.29, 0.717) is 6.54 Å². The summed E-state index contributed by atoms with van der Waals surface area (Å²) in [6.45, 7) is 6.65. The second-order valence-corrected chi connectivity index (χ2v) is 5.75. The van der Waals surface area contributed by atoms with Crippen LogP contribution in [0.2, 0.25) is 0 Å². The van der Waals surface area contributed by atoms with E-state index in [2.05, 4.69) is 5.32 Å². The van der Waals surface area contributed by atoms with E-state index in [1.807, 2.05) is 57.2 Å². The molecule has 0 saturated carbocycles. The van der Waals surface area contributed by atoms with Crippen molar-refractivity contribution in [3.63, 3.8) is 0 Å². The Morgan fingerprint density at radius 1 is 1.00 bits per heavy atom. The van der Waals surface area contributed by atoms with Crippen molar-refractivity contribution in [2.24, 2.45) is 0 Å². The van der Waals surface area contributed by atoms with E-state index in [0.717, 1.165) is 34.2 Å². The lowest BCUT2D eigenvalue weighted by molar-refractivity contribution is 0.0953. The van der Waals surface area contributed by atoms with Gasteiger partial charge in [-0.1, -0.05) is 42.0 Å². The number of hydrogen-bond donors (Lipinski definition) is 2. The maximum Gasteiger partial charge on any atom is 0.251 e. The van der Waals surface area contributed by atoms with Crippen LogP contribution in [0.4, 0.5) is 0 Å². The molecule has 0 aromatic heterocycles. The predicted molar refractivity (Wildman–Crippen MR) is 89.1 cm³/mol. The molecule has 0 bridgehead atoms. The molecule has 0 aliphatic heterocycles. The molecule has 0 aliphatic carbocycles. The van der Waals surface area contributed by atoms with Gasteiger partial charge in [0.1, 0.15) is 0 Å². The number of rotatable bonds is 5. The first kappa shape index (κ1) is 16.2. The minimum atomic E-state index is -0.0121. The summed E-state index contributed by atoms with van der Waals surface area (Å²) in [7, 11) is 0. The SMILES string of the molecule is Cc1cc(C)c(C(=O)NCCc2ccc(CO)cc2)c(C)c1. The van der Waals surface area contributed by atoms with Gasteiger partial charge in [-0.15, -0.1) is 0 Å². The number of amides is 1. The van der Waals surface area contributed by atoms with Crippen LogP contribution in [-0.2, 0) is 13.0 Å². The third-order valence-corrected chi connectivity index (χ3v) is 3.81. The Hall–Kier alpha value is -2.13. The molecule has 2 rings (SSSR count). The highest BCUT2D eigenvalue weighted by atomic mass is 16.3. The summed E-state index contributed by atoms with van der Waals surface area (Å²) < 4.78 is 0. The molecular formula is C19H23NO2. The third-order valence-electron chi connectivity index (χ3n) is 3.81. The maximum atomic E-state index is 12.3. The molecule has 0 radical (unpaired) electrons. The Bertz CT molecular complexity index is 637. The number of carbonyl (C=O) groups is 1. The second-order valence-electron chi connectivity index (χ2n) is 5.75. The molecule has 2 N–H and O–H groups in total. The van der Waals surface area contributed by atoms with Crippen molar-refractivity contribution in [2.45, 2.75) is 33.8 Å². The Kier molecular flexibility index (Phi) is 5.34. The van der Waals surface area contributed by atoms with Gasteiger partial charge in [-0.3, -0.25) is 4.79 Å². The molecule has 0 atom stereocenters. The molecule has 3 heteroatoms. The van der Waals surface area contributed by atoms with Gasteiger partial charge in [-0.05, 0) is 49.4 Å². The van der Waals surface area contributed by atoms with Gasteiger partial charge < -0.3 is 10.4 Å². The zero-order chi connectivity index (χ0) is 16.1. The highest BCUT2D eigenvalue weighted by molar-refractivity contribution is 5.97. The normalized spacial score (nSPS) is 10.5. The van der Waals surface area contributed by atoms with Crippen molar-refractivity contribution >= 4 is 5.91 Å². The predicted octanol–water partition coefficient (Wildman–Crippen LogP) is 3.08. The summed E-state index contributed by atoms with van der Waals surface area (Å²) in [5.41, 5.74) is 6.04. The van der Waals surface area contributed by atoms with E-state index in [4.69, 9.17) is 5.11 Å². The summed E-state index contributed by atoms with van der Waals surface area (Å²) in [4.78, 5) is 12.3. The second kappa shape index (κ2) is 7.23. The summed E-state index contributed by atoms with van der Waals surface area (Å²) in [6.07, 6.45) is 0.779. The van der Waals surface area contributed by atoms with Gasteiger partial charge in [0.25, 0.3) is 5.91 Å². The summed E-state index contributed by atoms with van der Waals surface area (Å²) in [5, 5.41) is 12.0. The Balaban J connectivity index is 1.95. The number of benzene rings is 2. The lowest BCUT2D eigenvalue weighted by atomic mass is 9.99. The van der Waals surface area contributed by atoms with Gasteiger partial charge >= 0.3 is 0 Å². The molecular weight excluding hydrogens is 274 g/mol. The van der Waals surface area contributed by atoms with E-state index in [9.17, 15) is 4.79 Å². The fraction of sp³-hybridized carbons (Fsp3) is 0.316. The van der Waals surface area contributed by atoms with Crippen LogP contribution in [0.3, 0.4) is 0 Å². The average Bonchev–Trinajstić information content (AvgIpc) is 2.47. The van der Waals surface area contributed by atoms with Gasteiger partial charge in [0.15, 0.2) is 0 Å². The molecule has 0 unspecified atom stereocenters. The first-order chi connectivity index (χ1) is 10.5. The van der Waals surface area contributed by atoms with E-state index in [1.165, 1.54) is 5.56 Å². The number of aliphatic hydroxyl groups excluding tert-OH is 1. The molecule has 3 nitrogen and oxygen atoms in total. The van der Waals surface area contributed by atoms with Crippen molar-refractivity contribution in [2.75, 3.05) is 6.54 Å². The number of carbonyl (C=O) groups excluding carboxylic acids is 1. The Labute approximate surface area is 132 Å². The van der Waals surface area contributed by atoms with Crippen LogP contribution in [0.1, 0.15) is 38.2 Å². The molecule has 0 fully saturated rings. The lowest BCUT2D eigenvalue weighted by Crippen LogP contribution is -2.27. The Morgan fingerprint density at radius 3 is 2.09 bits per heavy atom. The summed E-state index contributed by atoms with van der Waals surface area (Å²) in [6, 6.07) is 11.9. The average molecular weight is 297 g/mol. The molecule has 1 amide bonds. The largest absolute Gasteiger partial charge is 0.392 e. The third kappa shape index (κ3) is 3.95. The number of hydrogen-bond acceptors (Lipinski definition) is 2. The van der Waals surface area contributed by atoms with Crippen LogP contribution in [0.25, 0.3) is 0 Å². The minimum absolute atomic E-state index is 0.0121. The molecule has 0 spiro atoms. The van der Waals surface area contributed by atoms with E-state index in [1.54, 1.807) is 0 Å². The minimum Gasteiger partial charge on any atom is -0.392 e. The van der Waals surface area contributed by atoms with Gasteiger partial charge in [0.05, 0.1) is 6.61 Å². The molecule has 0 saturated heterocycles. The fourth-order valence-corrected chi connectivity index (χ4v) is 2.76. The van der Waals surface area contributed by atoms with Crippen molar-refractivity contribution < 1.29 is 9.90 Å². The molecule has 2 aromatic rings. The molecule has 2 aromatic carbocycles. The molecule has 116 valence electrons. The van der Waals surface area contributed by atoms with Crippen LogP contribution < -0.4 is 5.32 Å². The Morgan fingerprint density at radius 2 is 1.55 bits per heavy atom. The quantitative estimate of drug-likeness (QED) is 0.891. The van der Waals surface area contributed by atoms with E-state index < -0.39 is 0 Å². The van der Waals surface area contributed by atoms with Crippen LogP contribution >= 0.6 is 0 Å². The van der Waals surface area contributed by atoms with Crippen molar-refractivity contribution in [3.8, 4) is 0 Å². The zero-order valence-electron chi connectivity index (χ0n) is 13.4. The fourth-order valence-electron chi connectivity index (χ4n) is 2.76. The maximum absolute atomic E-state index is 12.3. The van der Waals surface area contributed by atoms with Gasteiger partial charge in [0, 0.05) is 12.1 Å². The smallest absolute Gasteiger partial charge is 0.251 e. The van der Waals surface area contributed by atoms with E-state index in [-0.39, 0.29) is 12.5 Å². The number of nitrogens with one attached hydrogen (secondary N) is 1. The van der Waals surface area contributed by atoms with Gasteiger partial charge in [-0.25, -0.2) is 0 Å². The summed E-state index contributed by atoms with van der Waals surface area (Å²) in [5.74, 6) is -0.0121. The number of aryl methyl sites for hydroxylation is 3. The first-order valence-electron chi connectivity index (χ1n) is 7.56. The highest BCUT2D eigenvalue weighted by Crippen LogP contribution is 2.16. The monoisotopic (exact) mass is 297 g/mol. The summed E-state index contributed by atoms with van der Waals surface area (Å²) >= 11 is 0. The van der Waals surface area contributed by atoms with Crippen molar-refractivity contribution in [1.29, 1.82) is 0 Å². The molecule has 0 aliphatic rings. The first-order valence-corrected chi connectivity index (χ1v) is 7.56. The standard InChI is InChI=1S/C19H23NO2/c1-13-10-14(2)18(15(3)11-13)19(22)20-9-8-16-4-6-17(12-21)7-5-16/h4-7,10-11,21H,8-9,12H2,1-3H3,(H,20,22). The zero-order valence-corrected chi connectivity index (χ0v) is 13.4. The molecule has 22 heavy (non-hydrogen) atoms. The highest BCUT2D eigenvalue weighted by Gasteiger charge is 2.12. The van der Waals surface area contributed by atoms with Crippen LogP contribution in [-0.4, -0.2) is 17.6 Å². The number of aliphatic hydroxyl groups is 1. The van der Waals surface area contributed by atoms with Crippen molar-refractivity contribution in [1.82, 2.24) is 5.32 Å². The van der Waals surface area contributed by atoms with Gasteiger partial charge in [0.2, 0.25) is 0 Å². The van der Waals surface area contributed by atoms with Gasteiger partial charge in [-0.2, -0.15) is 0 Å². The van der Waals surface area contributed by atoms with Crippen LogP contribution in [0, 0.1) is 20.8 Å². The lowest BCUT2D eigenvalue weighted by Gasteiger charge is -2.12. The van der Waals surface area contributed by atoms with Crippen LogP contribution in [0.5, 0.6) is 0 Å². The van der Waals surface area contributed by atoms with E-state index >= 15 is 0 Å². The topological polar surface area (TPSA) is 49.3 Å². The molecule has 0 heterocycles. The van der Waals surface area contributed by atoms with Crippen LogP contribution in [0.15, 0.2) is 36.4 Å².